The second-order valence-electron chi connectivity index (χ2n) is 5.69. The van der Waals surface area contributed by atoms with Gasteiger partial charge in [-0.3, -0.25) is 0 Å². The lowest BCUT2D eigenvalue weighted by Crippen LogP contribution is -1.97. The summed E-state index contributed by atoms with van der Waals surface area (Å²) in [7, 11) is 0. The molecule has 0 fully saturated rings. The van der Waals surface area contributed by atoms with E-state index in [1.807, 2.05) is 66.8 Å². The number of nitrogens with one attached hydrogen (secondary N) is 1. The van der Waals surface area contributed by atoms with Gasteiger partial charge in [0.1, 0.15) is 0 Å². The highest BCUT2D eigenvalue weighted by molar-refractivity contribution is 6.07. The molecule has 3 nitrogen and oxygen atoms in total. The van der Waals surface area contributed by atoms with Crippen molar-refractivity contribution < 1.29 is 0 Å². The maximum absolute atomic E-state index is 7.53. The van der Waals surface area contributed by atoms with E-state index in [1.54, 1.807) is 0 Å². The Morgan fingerprint density at radius 1 is 0.958 bits per heavy atom. The molecular weight excluding hydrogens is 294 g/mol. The third-order valence-corrected chi connectivity index (χ3v) is 3.94. The molecule has 2 aromatic rings. The summed E-state index contributed by atoms with van der Waals surface area (Å²) in [6, 6.07) is 13.5. The Balaban J connectivity index is 2.18. The van der Waals surface area contributed by atoms with Crippen molar-refractivity contribution in [3.63, 3.8) is 0 Å². The third kappa shape index (κ3) is 3.06. The maximum Gasteiger partial charge on any atom is 0.0403 e. The van der Waals surface area contributed by atoms with E-state index in [2.05, 4.69) is 6.58 Å². The van der Waals surface area contributed by atoms with Gasteiger partial charge in [0.05, 0.1) is 0 Å². The van der Waals surface area contributed by atoms with Crippen LogP contribution < -0.4 is 11.5 Å². The van der Waals surface area contributed by atoms with Crippen LogP contribution in [0.3, 0.4) is 0 Å². The van der Waals surface area contributed by atoms with Crippen molar-refractivity contribution in [3.8, 4) is 0 Å². The lowest BCUT2D eigenvalue weighted by atomic mass is 9.90. The van der Waals surface area contributed by atoms with Crippen LogP contribution in [0, 0.1) is 5.41 Å². The molecule has 0 unspecified atom stereocenters. The summed E-state index contributed by atoms with van der Waals surface area (Å²) in [6.45, 7) is 4.06. The Kier molecular flexibility index (Phi) is 4.17. The van der Waals surface area contributed by atoms with E-state index in [4.69, 9.17) is 16.9 Å². The van der Waals surface area contributed by atoms with Crippen LogP contribution in [0.25, 0.3) is 11.1 Å². The van der Waals surface area contributed by atoms with E-state index in [0.29, 0.717) is 16.9 Å². The van der Waals surface area contributed by atoms with Crippen molar-refractivity contribution in [3.05, 3.63) is 95.6 Å². The Hall–Kier alpha value is -3.33. The van der Waals surface area contributed by atoms with Crippen LogP contribution in [-0.2, 0) is 0 Å². The van der Waals surface area contributed by atoms with E-state index in [9.17, 15) is 0 Å². The summed E-state index contributed by atoms with van der Waals surface area (Å²) in [5.74, 6) is 0. The average molecular weight is 313 g/mol. The topological polar surface area (TPSA) is 75.9 Å². The maximum atomic E-state index is 7.53. The SMILES string of the molecule is C=C1C=CC=C(c2ccc(N)c(C=N)c2)C(c2cccc(N)c2)=C1. The van der Waals surface area contributed by atoms with Crippen molar-refractivity contribution >= 4 is 28.7 Å². The smallest absolute Gasteiger partial charge is 0.0403 e. The van der Waals surface area contributed by atoms with Gasteiger partial charge in [0.15, 0.2) is 0 Å². The van der Waals surface area contributed by atoms with Crippen molar-refractivity contribution in [2.75, 3.05) is 11.5 Å². The van der Waals surface area contributed by atoms with Crippen LogP contribution in [0.1, 0.15) is 16.7 Å². The van der Waals surface area contributed by atoms with E-state index in [1.165, 1.54) is 6.21 Å². The molecule has 118 valence electrons. The quantitative estimate of drug-likeness (QED) is 0.578. The van der Waals surface area contributed by atoms with Crippen LogP contribution in [0.15, 0.2) is 78.9 Å². The molecule has 0 aliphatic heterocycles. The van der Waals surface area contributed by atoms with Gasteiger partial charge in [0, 0.05) is 23.2 Å². The van der Waals surface area contributed by atoms with Crippen molar-refractivity contribution in [1.29, 1.82) is 5.41 Å². The second kappa shape index (κ2) is 6.42. The Bertz CT molecular complexity index is 914. The molecular formula is C21H19N3. The summed E-state index contributed by atoms with van der Waals surface area (Å²) in [4.78, 5) is 0. The molecule has 0 amide bonds. The largest absolute Gasteiger partial charge is 0.399 e. The summed E-state index contributed by atoms with van der Waals surface area (Å²) >= 11 is 0. The molecule has 0 saturated carbocycles. The first-order valence-corrected chi connectivity index (χ1v) is 7.64. The predicted octanol–water partition coefficient (Wildman–Crippen LogP) is 4.44. The molecule has 0 atom stereocenters. The molecule has 1 aliphatic carbocycles. The van der Waals surface area contributed by atoms with Gasteiger partial charge < -0.3 is 16.9 Å². The molecule has 3 heteroatoms. The number of hydrogen-bond donors (Lipinski definition) is 3. The minimum atomic E-state index is 0.595. The fraction of sp³-hybridized carbons (Fsp3) is 0. The standard InChI is InChI=1S/C21H19N3/c1-14-4-2-7-19(16-8-9-21(24)17(11-16)13-22)20(10-14)15-5-3-6-18(23)12-15/h2-13,22H,1,23-24H2. The Labute approximate surface area is 141 Å². The number of allylic oxidation sites excluding steroid dienone is 7. The minimum absolute atomic E-state index is 0.595. The van der Waals surface area contributed by atoms with Gasteiger partial charge in [0.2, 0.25) is 0 Å². The molecule has 5 N–H and O–H groups in total. The van der Waals surface area contributed by atoms with Crippen LogP contribution in [0.4, 0.5) is 11.4 Å². The molecule has 0 heterocycles. The van der Waals surface area contributed by atoms with Crippen molar-refractivity contribution in [2.24, 2.45) is 0 Å². The van der Waals surface area contributed by atoms with Crippen LogP contribution >= 0.6 is 0 Å². The van der Waals surface area contributed by atoms with Crippen molar-refractivity contribution in [2.45, 2.75) is 0 Å². The molecule has 0 saturated heterocycles. The zero-order valence-corrected chi connectivity index (χ0v) is 13.3. The number of nitrogens with two attached hydrogens (primary N) is 2. The first-order valence-electron chi connectivity index (χ1n) is 7.64. The summed E-state index contributed by atoms with van der Waals surface area (Å²) < 4.78 is 0. The Morgan fingerprint density at radius 3 is 2.50 bits per heavy atom. The molecule has 2 aromatic carbocycles. The molecule has 0 radical (unpaired) electrons. The van der Waals surface area contributed by atoms with Gasteiger partial charge in [-0.15, -0.1) is 0 Å². The normalized spacial score (nSPS) is 13.9. The van der Waals surface area contributed by atoms with Gasteiger partial charge in [-0.25, -0.2) is 0 Å². The predicted molar refractivity (Wildman–Crippen MR) is 104 cm³/mol. The molecule has 0 aromatic heterocycles. The van der Waals surface area contributed by atoms with Gasteiger partial charge >= 0.3 is 0 Å². The fourth-order valence-electron chi connectivity index (χ4n) is 2.73. The van der Waals surface area contributed by atoms with E-state index in [0.717, 1.165) is 27.8 Å². The second-order valence-corrected chi connectivity index (χ2v) is 5.69. The first-order chi connectivity index (χ1) is 11.6. The van der Waals surface area contributed by atoms with E-state index < -0.39 is 0 Å². The number of hydrogen-bond acceptors (Lipinski definition) is 3. The van der Waals surface area contributed by atoms with E-state index in [-0.39, 0.29) is 0 Å². The van der Waals surface area contributed by atoms with Crippen LogP contribution in [0.5, 0.6) is 0 Å². The van der Waals surface area contributed by atoms with Gasteiger partial charge in [-0.05, 0) is 58.2 Å². The fourth-order valence-corrected chi connectivity index (χ4v) is 2.73. The van der Waals surface area contributed by atoms with E-state index >= 15 is 0 Å². The highest BCUT2D eigenvalue weighted by atomic mass is 14.6. The number of nitrogen functional groups attached to an aromatic ring is 2. The molecule has 24 heavy (non-hydrogen) atoms. The lowest BCUT2D eigenvalue weighted by Gasteiger charge is -2.14. The number of benzene rings is 2. The zero-order valence-electron chi connectivity index (χ0n) is 13.3. The minimum Gasteiger partial charge on any atom is -0.399 e. The number of rotatable bonds is 3. The highest BCUT2D eigenvalue weighted by Gasteiger charge is 2.13. The monoisotopic (exact) mass is 313 g/mol. The highest BCUT2D eigenvalue weighted by Crippen LogP contribution is 2.35. The molecule has 1 aliphatic rings. The number of anilines is 2. The Morgan fingerprint density at radius 2 is 1.75 bits per heavy atom. The summed E-state index contributed by atoms with van der Waals surface area (Å²) in [6.07, 6.45) is 9.31. The van der Waals surface area contributed by atoms with Crippen LogP contribution in [-0.4, -0.2) is 6.21 Å². The molecule has 0 spiro atoms. The third-order valence-electron chi connectivity index (χ3n) is 3.94. The van der Waals surface area contributed by atoms with Crippen molar-refractivity contribution in [1.82, 2.24) is 0 Å². The lowest BCUT2D eigenvalue weighted by molar-refractivity contribution is 1.52. The molecule has 0 bridgehead atoms. The van der Waals surface area contributed by atoms with Crippen LogP contribution in [0.2, 0.25) is 0 Å². The first kappa shape index (κ1) is 15.6. The average Bonchev–Trinajstić information content (AvgIpc) is 2.77. The van der Waals surface area contributed by atoms with Gasteiger partial charge in [-0.1, -0.05) is 43.0 Å². The summed E-state index contributed by atoms with van der Waals surface area (Å²) in [5, 5.41) is 7.53. The van der Waals surface area contributed by atoms with Gasteiger partial charge in [-0.2, -0.15) is 0 Å². The zero-order chi connectivity index (χ0) is 17.1. The summed E-state index contributed by atoms with van der Waals surface area (Å²) in [5.41, 5.74) is 18.9. The van der Waals surface area contributed by atoms with Gasteiger partial charge in [0.25, 0.3) is 0 Å². The molecule has 3 rings (SSSR count).